The van der Waals surface area contributed by atoms with Gasteiger partial charge in [-0.15, -0.1) is 0 Å². The van der Waals surface area contributed by atoms with E-state index in [-0.39, 0.29) is 23.2 Å². The summed E-state index contributed by atoms with van der Waals surface area (Å²) in [6.07, 6.45) is 0.623. The van der Waals surface area contributed by atoms with E-state index in [1.807, 2.05) is 0 Å². The van der Waals surface area contributed by atoms with Crippen molar-refractivity contribution in [2.45, 2.75) is 18.9 Å². The third-order valence-electron chi connectivity index (χ3n) is 4.86. The first-order valence-electron chi connectivity index (χ1n) is 8.52. The Bertz CT molecular complexity index is 780. The minimum atomic E-state index is -1.03. The molecule has 1 unspecified atom stereocenters. The Morgan fingerprint density at radius 2 is 1.50 bits per heavy atom. The number of carboxylic acids is 1. The van der Waals surface area contributed by atoms with Crippen LogP contribution in [0.1, 0.15) is 45.2 Å². The summed E-state index contributed by atoms with van der Waals surface area (Å²) >= 11 is 0. The number of nitrogens with zero attached hydrogens (tertiary/aromatic N) is 1. The summed E-state index contributed by atoms with van der Waals surface area (Å²) in [4.78, 5) is 25.1. The van der Waals surface area contributed by atoms with Gasteiger partial charge >= 0.3 is 5.97 Å². The van der Waals surface area contributed by atoms with Gasteiger partial charge in [-0.1, -0.05) is 12.1 Å². The standard InChI is InChI=1S/C20H20FNO4/c21-17-7-5-13(6-8-17)18(23)14-9-11-22(12-10-14)19(24)15-1-3-16(4-2-15)20(25)26/h1-8,14,18,23H,9-12H2,(H,25,26). The number of aliphatic hydroxyl groups is 1. The maximum Gasteiger partial charge on any atom is 0.335 e. The van der Waals surface area contributed by atoms with E-state index in [1.165, 1.54) is 36.4 Å². The maximum absolute atomic E-state index is 13.0. The van der Waals surface area contributed by atoms with Crippen molar-refractivity contribution in [2.24, 2.45) is 5.92 Å². The monoisotopic (exact) mass is 357 g/mol. The van der Waals surface area contributed by atoms with E-state index in [0.29, 0.717) is 37.1 Å². The SMILES string of the molecule is O=C(O)c1ccc(C(=O)N2CCC(C(O)c3ccc(F)cc3)CC2)cc1. The summed E-state index contributed by atoms with van der Waals surface area (Å²) in [5, 5.41) is 19.4. The molecular formula is C20H20FNO4. The molecule has 1 heterocycles. The summed E-state index contributed by atoms with van der Waals surface area (Å²) in [5.74, 6) is -1.49. The molecule has 2 aromatic carbocycles. The second-order valence-corrected chi connectivity index (χ2v) is 6.51. The average Bonchev–Trinajstić information content (AvgIpc) is 2.67. The largest absolute Gasteiger partial charge is 0.478 e. The van der Waals surface area contributed by atoms with E-state index >= 15 is 0 Å². The van der Waals surface area contributed by atoms with Crippen LogP contribution in [0.15, 0.2) is 48.5 Å². The van der Waals surface area contributed by atoms with Gasteiger partial charge in [-0.05, 0) is 60.7 Å². The second-order valence-electron chi connectivity index (χ2n) is 6.51. The molecule has 0 bridgehead atoms. The molecule has 0 saturated carbocycles. The van der Waals surface area contributed by atoms with E-state index < -0.39 is 12.1 Å². The molecule has 26 heavy (non-hydrogen) atoms. The van der Waals surface area contributed by atoms with Gasteiger partial charge in [-0.3, -0.25) is 4.79 Å². The number of aromatic carboxylic acids is 1. The van der Waals surface area contributed by atoms with Gasteiger partial charge in [0.05, 0.1) is 11.7 Å². The van der Waals surface area contributed by atoms with Crippen molar-refractivity contribution in [3.05, 3.63) is 71.0 Å². The molecule has 1 amide bonds. The van der Waals surface area contributed by atoms with Gasteiger partial charge in [0, 0.05) is 18.7 Å². The lowest BCUT2D eigenvalue weighted by Crippen LogP contribution is -2.39. The summed E-state index contributed by atoms with van der Waals surface area (Å²) in [6.45, 7) is 1.03. The van der Waals surface area contributed by atoms with Crippen molar-refractivity contribution in [3.8, 4) is 0 Å². The van der Waals surface area contributed by atoms with Crippen LogP contribution in [0.25, 0.3) is 0 Å². The third kappa shape index (κ3) is 3.91. The molecule has 2 N–H and O–H groups in total. The van der Waals surface area contributed by atoms with Crippen molar-refractivity contribution in [1.29, 1.82) is 0 Å². The molecule has 1 aliphatic rings. The van der Waals surface area contributed by atoms with Crippen LogP contribution >= 0.6 is 0 Å². The number of benzene rings is 2. The van der Waals surface area contributed by atoms with Crippen LogP contribution in [-0.4, -0.2) is 40.1 Å². The molecule has 5 nitrogen and oxygen atoms in total. The Morgan fingerprint density at radius 1 is 0.962 bits per heavy atom. The Kier molecular flexibility index (Phi) is 5.32. The fourth-order valence-corrected chi connectivity index (χ4v) is 3.29. The normalized spacial score (nSPS) is 16.3. The van der Waals surface area contributed by atoms with Gasteiger partial charge in [-0.2, -0.15) is 0 Å². The van der Waals surface area contributed by atoms with E-state index in [0.717, 1.165) is 0 Å². The Balaban J connectivity index is 1.59. The van der Waals surface area contributed by atoms with Crippen molar-refractivity contribution in [2.75, 3.05) is 13.1 Å². The van der Waals surface area contributed by atoms with Gasteiger partial charge in [0.1, 0.15) is 5.82 Å². The Morgan fingerprint density at radius 3 is 2.04 bits per heavy atom. The number of aliphatic hydroxyl groups excluding tert-OH is 1. The number of piperidine rings is 1. The first-order valence-corrected chi connectivity index (χ1v) is 8.52. The first-order chi connectivity index (χ1) is 12.5. The maximum atomic E-state index is 13.0. The number of carboxylic acid groups (broad SMARTS) is 1. The molecule has 0 radical (unpaired) electrons. The van der Waals surface area contributed by atoms with Gasteiger partial charge in [-0.25, -0.2) is 9.18 Å². The average molecular weight is 357 g/mol. The second kappa shape index (κ2) is 7.66. The molecule has 2 aromatic rings. The van der Waals surface area contributed by atoms with Crippen molar-refractivity contribution in [3.63, 3.8) is 0 Å². The number of hydrogen-bond acceptors (Lipinski definition) is 3. The zero-order valence-corrected chi connectivity index (χ0v) is 14.1. The number of amides is 1. The molecule has 1 aliphatic heterocycles. The molecular weight excluding hydrogens is 337 g/mol. The highest BCUT2D eigenvalue weighted by molar-refractivity contribution is 5.95. The molecule has 136 valence electrons. The van der Waals surface area contributed by atoms with Gasteiger partial charge < -0.3 is 15.1 Å². The minimum Gasteiger partial charge on any atom is -0.478 e. The minimum absolute atomic E-state index is 0.0129. The van der Waals surface area contributed by atoms with Gasteiger partial charge in [0.15, 0.2) is 0 Å². The Labute approximate surface area is 150 Å². The zero-order chi connectivity index (χ0) is 18.7. The molecule has 0 aromatic heterocycles. The molecule has 6 heteroatoms. The van der Waals surface area contributed by atoms with Crippen molar-refractivity contribution in [1.82, 2.24) is 4.90 Å². The van der Waals surface area contributed by atoms with Crippen molar-refractivity contribution >= 4 is 11.9 Å². The molecule has 1 saturated heterocycles. The number of rotatable bonds is 4. The van der Waals surface area contributed by atoms with E-state index in [2.05, 4.69) is 0 Å². The fraction of sp³-hybridized carbons (Fsp3) is 0.300. The predicted molar refractivity (Wildman–Crippen MR) is 93.4 cm³/mol. The number of carbonyl (C=O) groups is 2. The number of halogens is 1. The third-order valence-corrected chi connectivity index (χ3v) is 4.86. The van der Waals surface area contributed by atoms with Crippen molar-refractivity contribution < 1.29 is 24.2 Å². The van der Waals surface area contributed by atoms with Crippen LogP contribution in [0.4, 0.5) is 4.39 Å². The first kappa shape index (κ1) is 18.1. The molecule has 1 atom stereocenters. The lowest BCUT2D eigenvalue weighted by molar-refractivity contribution is 0.0462. The highest BCUT2D eigenvalue weighted by Crippen LogP contribution is 2.31. The van der Waals surface area contributed by atoms with Crippen LogP contribution in [-0.2, 0) is 0 Å². The van der Waals surface area contributed by atoms with Gasteiger partial charge in [0.2, 0.25) is 0 Å². The van der Waals surface area contributed by atoms with Crippen LogP contribution < -0.4 is 0 Å². The lowest BCUT2D eigenvalue weighted by atomic mass is 9.87. The lowest BCUT2D eigenvalue weighted by Gasteiger charge is -2.34. The molecule has 3 rings (SSSR count). The molecule has 1 fully saturated rings. The van der Waals surface area contributed by atoms with Crippen LogP contribution in [0.3, 0.4) is 0 Å². The highest BCUT2D eigenvalue weighted by atomic mass is 19.1. The molecule has 0 spiro atoms. The van der Waals surface area contributed by atoms with Gasteiger partial charge in [0.25, 0.3) is 5.91 Å². The number of hydrogen-bond donors (Lipinski definition) is 2. The van der Waals surface area contributed by atoms with E-state index in [1.54, 1.807) is 17.0 Å². The van der Waals surface area contributed by atoms with E-state index in [9.17, 15) is 19.1 Å². The smallest absolute Gasteiger partial charge is 0.335 e. The van der Waals surface area contributed by atoms with Crippen LogP contribution in [0.5, 0.6) is 0 Å². The predicted octanol–water partition coefficient (Wildman–Crippen LogP) is 3.11. The highest BCUT2D eigenvalue weighted by Gasteiger charge is 2.28. The fourth-order valence-electron chi connectivity index (χ4n) is 3.29. The Hall–Kier alpha value is -2.73. The van der Waals surface area contributed by atoms with Crippen LogP contribution in [0.2, 0.25) is 0 Å². The topological polar surface area (TPSA) is 77.8 Å². The number of carbonyl (C=O) groups excluding carboxylic acids is 1. The molecule has 0 aliphatic carbocycles. The summed E-state index contributed by atoms with van der Waals surface area (Å²) in [7, 11) is 0. The quantitative estimate of drug-likeness (QED) is 0.881. The number of likely N-dealkylation sites (tertiary alicyclic amines) is 1. The summed E-state index contributed by atoms with van der Waals surface area (Å²) in [5.41, 5.74) is 1.27. The zero-order valence-electron chi connectivity index (χ0n) is 14.1. The van der Waals surface area contributed by atoms with E-state index in [4.69, 9.17) is 5.11 Å². The summed E-state index contributed by atoms with van der Waals surface area (Å²) < 4.78 is 13.0. The van der Waals surface area contributed by atoms with Crippen LogP contribution in [0, 0.1) is 11.7 Å². The summed E-state index contributed by atoms with van der Waals surface area (Å²) in [6, 6.07) is 11.7.